The summed E-state index contributed by atoms with van der Waals surface area (Å²) in [6, 6.07) is 9.61. The van der Waals surface area contributed by atoms with Gasteiger partial charge in [-0.05, 0) is 35.9 Å². The predicted octanol–water partition coefficient (Wildman–Crippen LogP) is 1.69. The van der Waals surface area contributed by atoms with Gasteiger partial charge in [-0.1, -0.05) is 17.9 Å². The maximum atomic E-state index is 12.1. The molecule has 0 heterocycles. The molecule has 2 aromatic carbocycles. The minimum Gasteiger partial charge on any atom is -0.872 e. The van der Waals surface area contributed by atoms with Gasteiger partial charge in [0.2, 0.25) is 0 Å². The fourth-order valence-electron chi connectivity index (χ4n) is 1.79. The van der Waals surface area contributed by atoms with Crippen molar-refractivity contribution in [1.82, 2.24) is 0 Å². The number of carbonyl (C=O) groups is 1. The van der Waals surface area contributed by atoms with Gasteiger partial charge in [-0.25, -0.2) is 0 Å². The van der Waals surface area contributed by atoms with Crippen LogP contribution in [0.25, 0.3) is 5.76 Å². The topological polar surface area (TPSA) is 89.8 Å². The van der Waals surface area contributed by atoms with Crippen LogP contribution < -0.4 is 9.84 Å². The summed E-state index contributed by atoms with van der Waals surface area (Å²) in [5.41, 5.74) is 0.473. The van der Waals surface area contributed by atoms with Gasteiger partial charge in [0, 0.05) is 6.07 Å². The fraction of sp³-hybridized carbons (Fsp3) is 0.0625. The lowest BCUT2D eigenvalue weighted by atomic mass is 10.1. The van der Waals surface area contributed by atoms with E-state index in [1.807, 2.05) is 0 Å². The number of phenolic OH excluding ortho intramolecular Hbond substituents is 2. The van der Waals surface area contributed by atoms with Gasteiger partial charge in [0.05, 0.1) is 12.7 Å². The van der Waals surface area contributed by atoms with Crippen LogP contribution in [0.4, 0.5) is 0 Å². The van der Waals surface area contributed by atoms with E-state index in [9.17, 15) is 15.0 Å². The summed E-state index contributed by atoms with van der Waals surface area (Å²) < 4.78 is 5.01. The van der Waals surface area contributed by atoms with Crippen LogP contribution in [-0.2, 0) is 0 Å². The Kier molecular flexibility index (Phi) is 4.13. The Morgan fingerprint density at radius 1 is 1.10 bits per heavy atom. The van der Waals surface area contributed by atoms with Crippen LogP contribution in [0.5, 0.6) is 17.2 Å². The zero-order valence-electron chi connectivity index (χ0n) is 11.2. The lowest BCUT2D eigenvalue weighted by Gasteiger charge is -2.13. The van der Waals surface area contributed by atoms with Crippen LogP contribution in [0.3, 0.4) is 0 Å². The molecule has 0 saturated heterocycles. The smallest absolute Gasteiger partial charge is 0.188 e. The number of carbonyl (C=O) groups excluding carboxylic acids is 1. The molecule has 0 aromatic heterocycles. The summed E-state index contributed by atoms with van der Waals surface area (Å²) in [5.74, 6) is -0.804. The van der Waals surface area contributed by atoms with E-state index in [1.165, 1.54) is 49.6 Å². The van der Waals surface area contributed by atoms with E-state index < -0.39 is 11.5 Å². The molecule has 0 fully saturated rings. The Labute approximate surface area is 121 Å². The first-order valence-electron chi connectivity index (χ1n) is 6.10. The highest BCUT2D eigenvalue weighted by Crippen LogP contribution is 2.25. The van der Waals surface area contributed by atoms with E-state index in [-0.39, 0.29) is 22.8 Å². The van der Waals surface area contributed by atoms with Crippen LogP contribution in [0.15, 0.2) is 48.5 Å². The Bertz CT molecular complexity index is 686. The van der Waals surface area contributed by atoms with Crippen molar-refractivity contribution < 1.29 is 24.9 Å². The quantitative estimate of drug-likeness (QED) is 0.507. The molecule has 0 aliphatic carbocycles. The van der Waals surface area contributed by atoms with Crippen molar-refractivity contribution >= 4 is 11.5 Å². The number of benzene rings is 2. The highest BCUT2D eigenvalue weighted by atomic mass is 16.5. The Balaban J connectivity index is 2.32. The average Bonchev–Trinajstić information content (AvgIpc) is 2.47. The monoisotopic (exact) mass is 285 g/mol. The second-order valence-electron chi connectivity index (χ2n) is 4.30. The first kappa shape index (κ1) is 14.5. The van der Waals surface area contributed by atoms with Gasteiger partial charge < -0.3 is 20.1 Å². The molecule has 0 saturated carbocycles. The molecule has 21 heavy (non-hydrogen) atoms. The Hall–Kier alpha value is -2.95. The maximum Gasteiger partial charge on any atom is 0.188 e. The number of rotatable bonds is 4. The number of hydrogen-bond donors (Lipinski definition) is 2. The molecule has 5 heteroatoms. The highest BCUT2D eigenvalue weighted by Gasteiger charge is 2.10. The van der Waals surface area contributed by atoms with E-state index in [1.54, 1.807) is 0 Å². The first-order chi connectivity index (χ1) is 10.0. The number of allylic oxidation sites excluding steroid dienone is 1. The zero-order chi connectivity index (χ0) is 15.4. The maximum absolute atomic E-state index is 12.1. The van der Waals surface area contributed by atoms with E-state index in [0.717, 1.165) is 6.08 Å². The van der Waals surface area contributed by atoms with Crippen molar-refractivity contribution in [2.75, 3.05) is 7.11 Å². The van der Waals surface area contributed by atoms with Gasteiger partial charge in [-0.15, -0.1) is 0 Å². The lowest BCUT2D eigenvalue weighted by Crippen LogP contribution is -2.07. The summed E-state index contributed by atoms with van der Waals surface area (Å²) in [6.45, 7) is 0. The average molecular weight is 285 g/mol. The number of ketones is 1. The molecule has 0 atom stereocenters. The number of methoxy groups -OCH3 is 1. The second-order valence-corrected chi connectivity index (χ2v) is 4.30. The molecule has 5 nitrogen and oxygen atoms in total. The molecule has 0 bridgehead atoms. The SMILES string of the molecule is COc1cc(O)ccc1C(=O)/C=C(\[O-])c1ccc(O)cc1. The molecule has 2 aromatic rings. The zero-order valence-corrected chi connectivity index (χ0v) is 11.2. The number of phenols is 2. The molecule has 0 radical (unpaired) electrons. The van der Waals surface area contributed by atoms with Gasteiger partial charge >= 0.3 is 0 Å². The van der Waals surface area contributed by atoms with E-state index in [0.29, 0.717) is 5.56 Å². The number of hydrogen-bond acceptors (Lipinski definition) is 5. The van der Waals surface area contributed by atoms with Crippen LogP contribution in [0.1, 0.15) is 15.9 Å². The van der Waals surface area contributed by atoms with Crippen molar-refractivity contribution in [3.05, 3.63) is 59.7 Å². The van der Waals surface area contributed by atoms with Crippen molar-refractivity contribution in [1.29, 1.82) is 0 Å². The summed E-state index contributed by atoms with van der Waals surface area (Å²) in [5, 5.41) is 30.5. The van der Waals surface area contributed by atoms with Crippen LogP contribution >= 0.6 is 0 Å². The molecule has 2 N–H and O–H groups in total. The summed E-state index contributed by atoms with van der Waals surface area (Å²) in [7, 11) is 1.37. The van der Waals surface area contributed by atoms with Gasteiger partial charge in [0.1, 0.15) is 17.2 Å². The molecular weight excluding hydrogens is 272 g/mol. The van der Waals surface area contributed by atoms with Crippen molar-refractivity contribution in [2.45, 2.75) is 0 Å². The largest absolute Gasteiger partial charge is 0.872 e. The second kappa shape index (κ2) is 6.00. The molecule has 0 aliphatic heterocycles. The van der Waals surface area contributed by atoms with Gasteiger partial charge in [0.15, 0.2) is 5.78 Å². The predicted molar refractivity (Wildman–Crippen MR) is 75.1 cm³/mol. The van der Waals surface area contributed by atoms with Crippen molar-refractivity contribution in [2.24, 2.45) is 0 Å². The highest BCUT2D eigenvalue weighted by molar-refractivity contribution is 6.09. The molecule has 0 unspecified atom stereocenters. The number of aromatic hydroxyl groups is 2. The van der Waals surface area contributed by atoms with E-state index in [2.05, 4.69) is 0 Å². The Morgan fingerprint density at radius 2 is 1.71 bits per heavy atom. The van der Waals surface area contributed by atoms with Crippen LogP contribution in [0.2, 0.25) is 0 Å². The molecule has 2 rings (SSSR count). The minimum absolute atomic E-state index is 0.0340. The molecule has 0 aliphatic rings. The minimum atomic E-state index is -0.523. The molecule has 108 valence electrons. The van der Waals surface area contributed by atoms with Crippen molar-refractivity contribution in [3.8, 4) is 17.2 Å². The summed E-state index contributed by atoms with van der Waals surface area (Å²) in [6.07, 6.45) is 0.946. The number of ether oxygens (including phenoxy) is 1. The summed E-state index contributed by atoms with van der Waals surface area (Å²) >= 11 is 0. The van der Waals surface area contributed by atoms with E-state index >= 15 is 0 Å². The van der Waals surface area contributed by atoms with Crippen LogP contribution in [0, 0.1) is 0 Å². The fourth-order valence-corrected chi connectivity index (χ4v) is 1.79. The Morgan fingerprint density at radius 3 is 2.33 bits per heavy atom. The summed E-state index contributed by atoms with van der Waals surface area (Å²) in [4.78, 5) is 12.1. The third kappa shape index (κ3) is 3.33. The molecule has 0 amide bonds. The first-order valence-corrected chi connectivity index (χ1v) is 6.10. The molecular formula is C16H13O5-. The lowest BCUT2D eigenvalue weighted by molar-refractivity contribution is -0.243. The van der Waals surface area contributed by atoms with Crippen molar-refractivity contribution in [3.63, 3.8) is 0 Å². The van der Waals surface area contributed by atoms with Gasteiger partial charge in [0.25, 0.3) is 0 Å². The third-order valence-corrected chi connectivity index (χ3v) is 2.86. The van der Waals surface area contributed by atoms with Crippen LogP contribution in [-0.4, -0.2) is 23.1 Å². The third-order valence-electron chi connectivity index (χ3n) is 2.86. The normalized spacial score (nSPS) is 11.2. The van der Waals surface area contributed by atoms with Gasteiger partial charge in [-0.2, -0.15) is 0 Å². The van der Waals surface area contributed by atoms with Gasteiger partial charge in [-0.3, -0.25) is 4.79 Å². The standard InChI is InChI=1S/C16H14O5/c1-21-16-8-12(18)6-7-13(16)15(20)9-14(19)10-2-4-11(17)5-3-10/h2-9,17-19H,1H3/p-1/b14-9-. The van der Waals surface area contributed by atoms with E-state index in [4.69, 9.17) is 9.84 Å². The molecule has 0 spiro atoms.